The summed E-state index contributed by atoms with van der Waals surface area (Å²) < 4.78 is 0. The van der Waals surface area contributed by atoms with Crippen LogP contribution in [-0.2, 0) is 10.9 Å². The smallest absolute Gasteiger partial charge is 0.215 e. The van der Waals surface area contributed by atoms with E-state index < -0.39 is 0 Å². The Balaban J connectivity index is 2.46. The molecule has 1 unspecified atom stereocenters. The summed E-state index contributed by atoms with van der Waals surface area (Å²) >= 11 is 0. The van der Waals surface area contributed by atoms with Gasteiger partial charge in [0.2, 0.25) is 5.04 Å². The van der Waals surface area contributed by atoms with Crippen LogP contribution in [0, 0.1) is 0 Å². The summed E-state index contributed by atoms with van der Waals surface area (Å²) in [4.78, 5) is 4.32. The molecule has 1 aliphatic rings. The van der Waals surface area contributed by atoms with Crippen LogP contribution in [0.2, 0.25) is 0 Å². The van der Waals surface area contributed by atoms with Gasteiger partial charge in [0.15, 0.2) is 0 Å². The molecule has 0 aromatic rings. The van der Waals surface area contributed by atoms with Gasteiger partial charge in [-0.05, 0) is 6.92 Å². The molecule has 1 rings (SSSR count). The van der Waals surface area contributed by atoms with Crippen molar-refractivity contribution in [3.63, 3.8) is 0 Å². The molecule has 1 heterocycles. The molecule has 0 amide bonds. The quantitative estimate of drug-likeness (QED) is 0.471. The Hall–Kier alpha value is 0.0200. The van der Waals surface area contributed by atoms with Gasteiger partial charge in [0.05, 0.1) is 6.54 Å². The topological polar surface area (TPSA) is 12.4 Å². The molecule has 0 radical (unpaired) electrons. The van der Waals surface area contributed by atoms with Crippen molar-refractivity contribution in [2.24, 2.45) is 4.99 Å². The van der Waals surface area contributed by atoms with Gasteiger partial charge in [0, 0.05) is 17.8 Å². The molecule has 0 aromatic carbocycles. The van der Waals surface area contributed by atoms with Gasteiger partial charge in [-0.2, -0.15) is 0 Å². The zero-order valence-corrected chi connectivity index (χ0v) is 6.29. The van der Waals surface area contributed by atoms with Crippen LogP contribution in [0.25, 0.3) is 0 Å². The van der Waals surface area contributed by atoms with Crippen molar-refractivity contribution in [1.29, 1.82) is 0 Å². The highest BCUT2D eigenvalue weighted by atomic mass is 32.2. The van der Waals surface area contributed by atoms with Gasteiger partial charge in [0.1, 0.15) is 11.5 Å². The molecule has 0 aromatic heterocycles. The average molecular weight is 130 g/mol. The number of hydrogen-bond donors (Lipinski definition) is 0. The van der Waals surface area contributed by atoms with Gasteiger partial charge in [-0.15, -0.1) is 0 Å². The molecule has 0 fully saturated rings. The van der Waals surface area contributed by atoms with Crippen LogP contribution >= 0.6 is 0 Å². The number of rotatable bonds is 1. The van der Waals surface area contributed by atoms with E-state index in [9.17, 15) is 0 Å². The summed E-state index contributed by atoms with van der Waals surface area (Å²) in [5, 5.41) is 1.40. The molecular formula is C6H12NS+. The van der Waals surface area contributed by atoms with Gasteiger partial charge < -0.3 is 0 Å². The van der Waals surface area contributed by atoms with Crippen LogP contribution in [0.5, 0.6) is 0 Å². The van der Waals surface area contributed by atoms with E-state index in [2.05, 4.69) is 18.8 Å². The number of aliphatic imine (C=N–C) groups is 1. The molecule has 1 atom stereocenters. The summed E-state index contributed by atoms with van der Waals surface area (Å²) in [6.45, 7) is 5.48. The summed E-state index contributed by atoms with van der Waals surface area (Å²) in [5.74, 6) is 2.62. The summed E-state index contributed by atoms with van der Waals surface area (Å²) in [6, 6.07) is 0. The predicted molar refractivity (Wildman–Crippen MR) is 40.7 cm³/mol. The number of hydrogen-bond acceptors (Lipinski definition) is 1. The average Bonchev–Trinajstić information content (AvgIpc) is 2.14. The lowest BCUT2D eigenvalue weighted by molar-refractivity contribution is 1.17. The molecule has 8 heavy (non-hydrogen) atoms. The highest BCUT2D eigenvalue weighted by molar-refractivity contribution is 8.11. The third-order valence-electron chi connectivity index (χ3n) is 1.44. The second kappa shape index (κ2) is 2.53. The molecule has 2 heteroatoms. The van der Waals surface area contributed by atoms with Gasteiger partial charge >= 0.3 is 0 Å². The maximum absolute atomic E-state index is 4.32. The molecule has 1 aliphatic heterocycles. The first-order valence-electron chi connectivity index (χ1n) is 3.03. The lowest BCUT2D eigenvalue weighted by atomic mass is 10.8. The molecule has 1 nitrogen and oxygen atoms in total. The van der Waals surface area contributed by atoms with E-state index >= 15 is 0 Å². The van der Waals surface area contributed by atoms with Gasteiger partial charge in [-0.25, -0.2) is 4.99 Å². The molecule has 0 N–H and O–H groups in total. The van der Waals surface area contributed by atoms with Crippen molar-refractivity contribution < 1.29 is 0 Å². The van der Waals surface area contributed by atoms with E-state index in [0.29, 0.717) is 10.9 Å². The second-order valence-electron chi connectivity index (χ2n) is 1.89. The van der Waals surface area contributed by atoms with Crippen molar-refractivity contribution in [3.05, 3.63) is 0 Å². The molecule has 0 aliphatic carbocycles. The third-order valence-corrected chi connectivity index (χ3v) is 3.78. The molecule has 0 saturated carbocycles. The van der Waals surface area contributed by atoms with Crippen molar-refractivity contribution >= 4 is 15.9 Å². The zero-order valence-electron chi connectivity index (χ0n) is 5.48. The lowest BCUT2D eigenvalue weighted by Crippen LogP contribution is -2.12. The van der Waals surface area contributed by atoms with Crippen LogP contribution in [0.1, 0.15) is 13.8 Å². The van der Waals surface area contributed by atoms with Crippen LogP contribution in [0.15, 0.2) is 4.99 Å². The van der Waals surface area contributed by atoms with Crippen molar-refractivity contribution in [3.8, 4) is 0 Å². The van der Waals surface area contributed by atoms with E-state index in [1.807, 2.05) is 0 Å². The SMILES string of the molecule is CC[S+]1CCN=C1C. The largest absolute Gasteiger partial charge is 0.240 e. The maximum atomic E-state index is 4.32. The first kappa shape index (κ1) is 6.14. The van der Waals surface area contributed by atoms with E-state index in [1.54, 1.807) is 0 Å². The predicted octanol–water partition coefficient (Wildman–Crippen LogP) is 1.06. The zero-order chi connectivity index (χ0) is 5.98. The van der Waals surface area contributed by atoms with E-state index in [-0.39, 0.29) is 0 Å². The Labute approximate surface area is 53.5 Å². The highest BCUT2D eigenvalue weighted by Crippen LogP contribution is 2.06. The lowest BCUT2D eigenvalue weighted by Gasteiger charge is -1.91. The van der Waals surface area contributed by atoms with Crippen molar-refractivity contribution in [1.82, 2.24) is 0 Å². The fraction of sp³-hybridized carbons (Fsp3) is 0.833. The molecule has 46 valence electrons. The maximum Gasteiger partial charge on any atom is 0.215 e. The molecular weight excluding hydrogens is 118 g/mol. The van der Waals surface area contributed by atoms with E-state index in [4.69, 9.17) is 0 Å². The van der Waals surface area contributed by atoms with Crippen LogP contribution in [0.3, 0.4) is 0 Å². The van der Waals surface area contributed by atoms with Gasteiger partial charge in [-0.3, -0.25) is 0 Å². The van der Waals surface area contributed by atoms with Gasteiger partial charge in [0.25, 0.3) is 0 Å². The Morgan fingerprint density at radius 3 is 2.75 bits per heavy atom. The minimum atomic E-state index is 0.571. The fourth-order valence-electron chi connectivity index (χ4n) is 0.906. The Kier molecular flexibility index (Phi) is 1.95. The van der Waals surface area contributed by atoms with Crippen molar-refractivity contribution in [2.45, 2.75) is 13.8 Å². The monoisotopic (exact) mass is 130 g/mol. The molecule has 0 spiro atoms. The molecule has 0 saturated heterocycles. The van der Waals surface area contributed by atoms with Crippen LogP contribution < -0.4 is 0 Å². The normalized spacial score (nSPS) is 28.2. The van der Waals surface area contributed by atoms with Crippen molar-refractivity contribution in [2.75, 3.05) is 18.1 Å². The third kappa shape index (κ3) is 1.05. The minimum absolute atomic E-state index is 0.571. The van der Waals surface area contributed by atoms with Crippen LogP contribution in [0.4, 0.5) is 0 Å². The summed E-state index contributed by atoms with van der Waals surface area (Å²) in [7, 11) is 0.571. The summed E-state index contributed by atoms with van der Waals surface area (Å²) in [6.07, 6.45) is 0. The Bertz CT molecular complexity index is 109. The Morgan fingerprint density at radius 1 is 1.75 bits per heavy atom. The first-order chi connectivity index (χ1) is 3.84. The molecule has 0 bridgehead atoms. The fourth-order valence-corrected chi connectivity index (χ4v) is 2.49. The minimum Gasteiger partial charge on any atom is -0.240 e. The standard InChI is InChI=1S/C6H12NS/c1-3-8-5-4-7-6(8)2/h3-5H2,1-2H3/q+1. The number of nitrogens with zero attached hydrogens (tertiary/aromatic N) is 1. The van der Waals surface area contributed by atoms with E-state index in [0.717, 1.165) is 6.54 Å². The first-order valence-corrected chi connectivity index (χ1v) is 4.59. The highest BCUT2D eigenvalue weighted by Gasteiger charge is 2.24. The second-order valence-corrected chi connectivity index (χ2v) is 4.45. The summed E-state index contributed by atoms with van der Waals surface area (Å²) in [5.41, 5.74) is 0. The van der Waals surface area contributed by atoms with Crippen LogP contribution in [-0.4, -0.2) is 23.1 Å². The Morgan fingerprint density at radius 2 is 2.50 bits per heavy atom. The van der Waals surface area contributed by atoms with E-state index in [1.165, 1.54) is 16.5 Å². The van der Waals surface area contributed by atoms with Gasteiger partial charge in [-0.1, -0.05) is 0 Å².